The van der Waals surface area contributed by atoms with E-state index in [1.54, 1.807) is 12.3 Å². The van der Waals surface area contributed by atoms with Crippen LogP contribution in [0.5, 0.6) is 0 Å². The molecule has 6 nitrogen and oxygen atoms in total. The summed E-state index contributed by atoms with van der Waals surface area (Å²) in [7, 11) is 0. The van der Waals surface area contributed by atoms with Crippen molar-refractivity contribution >= 4 is 11.6 Å². The first-order valence-electron chi connectivity index (χ1n) is 9.69. The number of anilines is 2. The molecule has 1 atom stereocenters. The highest BCUT2D eigenvalue weighted by molar-refractivity contribution is 5.52. The number of ether oxygens (including phenoxy) is 1. The zero-order chi connectivity index (χ0) is 20.2. The van der Waals surface area contributed by atoms with E-state index >= 15 is 0 Å². The lowest BCUT2D eigenvalue weighted by Gasteiger charge is -2.32. The highest BCUT2D eigenvalue weighted by atomic mass is 19.1. The van der Waals surface area contributed by atoms with Crippen LogP contribution < -0.4 is 5.32 Å². The van der Waals surface area contributed by atoms with Crippen molar-refractivity contribution in [3.63, 3.8) is 0 Å². The minimum atomic E-state index is -0.169. The molecular weight excluding hydrogens is 369 g/mol. The SMILES string of the molecule is Cc1cc(C)nc(Nc2ccc([C@H]3CN(Cc4ccccc4F)CCO3)nc2)n1. The third kappa shape index (κ3) is 4.93. The summed E-state index contributed by atoms with van der Waals surface area (Å²) >= 11 is 0. The highest BCUT2D eigenvalue weighted by Crippen LogP contribution is 2.24. The number of aromatic nitrogens is 3. The van der Waals surface area contributed by atoms with Gasteiger partial charge in [0.2, 0.25) is 5.95 Å². The van der Waals surface area contributed by atoms with E-state index in [9.17, 15) is 4.39 Å². The molecule has 1 aliphatic heterocycles. The zero-order valence-electron chi connectivity index (χ0n) is 16.6. The van der Waals surface area contributed by atoms with Crippen molar-refractivity contribution in [1.82, 2.24) is 19.9 Å². The zero-order valence-corrected chi connectivity index (χ0v) is 16.6. The van der Waals surface area contributed by atoms with Crippen LogP contribution in [-0.4, -0.2) is 39.5 Å². The van der Waals surface area contributed by atoms with Crippen LogP contribution in [0.4, 0.5) is 16.0 Å². The first-order valence-corrected chi connectivity index (χ1v) is 9.69. The maximum absolute atomic E-state index is 14.0. The van der Waals surface area contributed by atoms with Gasteiger partial charge in [0.05, 0.1) is 24.2 Å². The number of aryl methyl sites for hydroxylation is 2. The smallest absolute Gasteiger partial charge is 0.227 e. The number of hydrogen-bond acceptors (Lipinski definition) is 6. The van der Waals surface area contributed by atoms with E-state index in [1.165, 1.54) is 6.07 Å². The lowest BCUT2D eigenvalue weighted by molar-refractivity contribution is -0.0352. The molecule has 0 amide bonds. The fourth-order valence-corrected chi connectivity index (χ4v) is 3.47. The van der Waals surface area contributed by atoms with Crippen LogP contribution in [0.25, 0.3) is 0 Å². The lowest BCUT2D eigenvalue weighted by atomic mass is 10.1. The van der Waals surface area contributed by atoms with Gasteiger partial charge < -0.3 is 10.1 Å². The number of benzene rings is 1. The van der Waals surface area contributed by atoms with Gasteiger partial charge >= 0.3 is 0 Å². The van der Waals surface area contributed by atoms with Crippen molar-refractivity contribution in [2.24, 2.45) is 0 Å². The van der Waals surface area contributed by atoms with E-state index < -0.39 is 0 Å². The normalized spacial score (nSPS) is 17.3. The molecule has 1 aliphatic rings. The minimum Gasteiger partial charge on any atom is -0.369 e. The molecule has 2 aromatic heterocycles. The molecule has 7 heteroatoms. The van der Waals surface area contributed by atoms with Crippen LogP contribution in [0, 0.1) is 19.7 Å². The van der Waals surface area contributed by atoms with Gasteiger partial charge in [-0.25, -0.2) is 14.4 Å². The number of nitrogens with one attached hydrogen (secondary N) is 1. The van der Waals surface area contributed by atoms with Crippen LogP contribution in [0.2, 0.25) is 0 Å². The molecule has 3 heterocycles. The van der Waals surface area contributed by atoms with Crippen molar-refractivity contribution in [2.45, 2.75) is 26.5 Å². The summed E-state index contributed by atoms with van der Waals surface area (Å²) in [6.45, 7) is 6.49. The van der Waals surface area contributed by atoms with Gasteiger partial charge in [-0.2, -0.15) is 0 Å². The summed E-state index contributed by atoms with van der Waals surface area (Å²) in [5.74, 6) is 0.389. The van der Waals surface area contributed by atoms with Crippen LogP contribution in [0.1, 0.15) is 28.7 Å². The standard InChI is InChI=1S/C22H24FN5O/c1-15-11-16(2)26-22(25-15)27-18-7-8-20(24-12-18)21-14-28(9-10-29-21)13-17-5-3-4-6-19(17)23/h3-8,11-12,21H,9-10,13-14H2,1-2H3,(H,25,26,27)/t21-/m1/s1. The molecule has 1 N–H and O–H groups in total. The van der Waals surface area contributed by atoms with Crippen LogP contribution in [0.3, 0.4) is 0 Å². The summed E-state index contributed by atoms with van der Waals surface area (Å²) in [6.07, 6.45) is 1.62. The van der Waals surface area contributed by atoms with E-state index in [-0.39, 0.29) is 11.9 Å². The monoisotopic (exact) mass is 393 g/mol. The maximum atomic E-state index is 14.0. The molecule has 1 aromatic carbocycles. The highest BCUT2D eigenvalue weighted by Gasteiger charge is 2.23. The Balaban J connectivity index is 1.41. The van der Waals surface area contributed by atoms with Gasteiger partial charge in [0.15, 0.2) is 0 Å². The maximum Gasteiger partial charge on any atom is 0.227 e. The topological polar surface area (TPSA) is 63.2 Å². The van der Waals surface area contributed by atoms with Crippen LogP contribution in [0.15, 0.2) is 48.7 Å². The molecule has 3 aromatic rings. The van der Waals surface area contributed by atoms with E-state index in [2.05, 4.69) is 25.2 Å². The predicted molar refractivity (Wildman–Crippen MR) is 109 cm³/mol. The van der Waals surface area contributed by atoms with Gasteiger partial charge in [-0.05, 0) is 38.1 Å². The number of nitrogens with zero attached hydrogens (tertiary/aromatic N) is 4. The molecular formula is C22H24FN5O. The van der Waals surface area contributed by atoms with Gasteiger partial charge in [0, 0.05) is 36.6 Å². The second-order valence-electron chi connectivity index (χ2n) is 7.26. The van der Waals surface area contributed by atoms with E-state index in [0.29, 0.717) is 31.2 Å². The summed E-state index contributed by atoms with van der Waals surface area (Å²) in [4.78, 5) is 15.5. The second-order valence-corrected chi connectivity index (χ2v) is 7.26. The molecule has 0 aliphatic carbocycles. The quantitative estimate of drug-likeness (QED) is 0.708. The third-order valence-electron chi connectivity index (χ3n) is 4.86. The first kappa shape index (κ1) is 19.4. The van der Waals surface area contributed by atoms with Crippen LogP contribution >= 0.6 is 0 Å². The molecule has 0 radical (unpaired) electrons. The largest absolute Gasteiger partial charge is 0.369 e. The molecule has 0 bridgehead atoms. The molecule has 0 unspecified atom stereocenters. The Morgan fingerprint density at radius 3 is 2.66 bits per heavy atom. The number of morpholine rings is 1. The number of rotatable bonds is 5. The van der Waals surface area contributed by atoms with Gasteiger partial charge in [-0.3, -0.25) is 9.88 Å². The number of pyridine rings is 1. The van der Waals surface area contributed by atoms with Crippen molar-refractivity contribution in [2.75, 3.05) is 25.0 Å². The molecule has 29 heavy (non-hydrogen) atoms. The lowest BCUT2D eigenvalue weighted by Crippen LogP contribution is -2.38. The summed E-state index contributed by atoms with van der Waals surface area (Å²) in [5, 5.41) is 3.19. The average molecular weight is 393 g/mol. The van der Waals surface area contributed by atoms with Crippen molar-refractivity contribution in [3.05, 3.63) is 77.1 Å². The van der Waals surface area contributed by atoms with Gasteiger partial charge in [0.25, 0.3) is 0 Å². The second kappa shape index (κ2) is 8.63. The van der Waals surface area contributed by atoms with Gasteiger partial charge in [-0.1, -0.05) is 18.2 Å². The Bertz CT molecular complexity index is 959. The molecule has 0 saturated carbocycles. The number of halogens is 1. The van der Waals surface area contributed by atoms with Crippen molar-refractivity contribution in [3.8, 4) is 0 Å². The molecule has 1 fully saturated rings. The Morgan fingerprint density at radius 2 is 1.93 bits per heavy atom. The Morgan fingerprint density at radius 1 is 1.14 bits per heavy atom. The first-order chi connectivity index (χ1) is 14.1. The molecule has 150 valence electrons. The fourth-order valence-electron chi connectivity index (χ4n) is 3.47. The Labute approximate surface area is 169 Å². The van der Waals surface area contributed by atoms with Crippen LogP contribution in [-0.2, 0) is 11.3 Å². The van der Waals surface area contributed by atoms with Gasteiger partial charge in [-0.15, -0.1) is 0 Å². The van der Waals surface area contributed by atoms with E-state index in [1.807, 2.05) is 44.2 Å². The molecule has 1 saturated heterocycles. The minimum absolute atomic E-state index is 0.137. The van der Waals surface area contributed by atoms with Crippen molar-refractivity contribution < 1.29 is 9.13 Å². The average Bonchev–Trinajstić information content (AvgIpc) is 2.70. The summed E-state index contributed by atoms with van der Waals surface area (Å²) < 4.78 is 19.9. The summed E-state index contributed by atoms with van der Waals surface area (Å²) in [6, 6.07) is 12.7. The Kier molecular flexibility index (Phi) is 5.78. The van der Waals surface area contributed by atoms with Gasteiger partial charge in [0.1, 0.15) is 11.9 Å². The van der Waals surface area contributed by atoms with Crippen molar-refractivity contribution in [1.29, 1.82) is 0 Å². The van der Waals surface area contributed by atoms with E-state index in [0.717, 1.165) is 29.3 Å². The fraction of sp³-hybridized carbons (Fsp3) is 0.318. The summed E-state index contributed by atoms with van der Waals surface area (Å²) in [5.41, 5.74) is 4.20. The third-order valence-corrected chi connectivity index (χ3v) is 4.86. The predicted octanol–water partition coefficient (Wildman–Crippen LogP) is 3.94. The van der Waals surface area contributed by atoms with E-state index in [4.69, 9.17) is 4.74 Å². The molecule has 0 spiro atoms. The number of hydrogen-bond donors (Lipinski definition) is 1. The Hall–Kier alpha value is -2.90. The molecule has 4 rings (SSSR count).